The smallest absolute Gasteiger partial charge is 0.258 e. The predicted octanol–water partition coefficient (Wildman–Crippen LogP) is 4.31. The second kappa shape index (κ2) is 11.0. The molecule has 0 saturated heterocycles. The van der Waals surface area contributed by atoms with Gasteiger partial charge in [-0.05, 0) is 71.9 Å². The van der Waals surface area contributed by atoms with Crippen LogP contribution in [0.1, 0.15) is 18.1 Å². The molecule has 0 aliphatic carbocycles. The van der Waals surface area contributed by atoms with E-state index in [1.54, 1.807) is 24.8 Å². The highest BCUT2D eigenvalue weighted by Gasteiger charge is 2.10. The summed E-state index contributed by atoms with van der Waals surface area (Å²) in [7, 11) is 3.37. The highest BCUT2D eigenvalue weighted by molar-refractivity contribution is 5.86. The van der Waals surface area contributed by atoms with E-state index in [0.717, 1.165) is 40.9 Å². The number of benzene rings is 3. The second-order valence-electron chi connectivity index (χ2n) is 8.20. The standard InChI is InChI=1S/C28H30N2O4/c1-30-26(17-22-11-14-24(33-2)18-25(22)28(30)32)20-9-12-23(13-10-20)34-16-6-15-29-19-27(31)21-7-4-3-5-8-21/h3-5,7-14,17-18,27,29,31H,6,15-16,19H2,1-2H3. The summed E-state index contributed by atoms with van der Waals surface area (Å²) in [6.07, 6.45) is 0.314. The van der Waals surface area contributed by atoms with Crippen LogP contribution in [0, 0.1) is 0 Å². The van der Waals surface area contributed by atoms with Crippen LogP contribution in [0.25, 0.3) is 22.0 Å². The van der Waals surface area contributed by atoms with Crippen LogP contribution in [-0.4, -0.2) is 36.5 Å². The van der Waals surface area contributed by atoms with Gasteiger partial charge in [-0.15, -0.1) is 0 Å². The fourth-order valence-electron chi connectivity index (χ4n) is 3.93. The Labute approximate surface area is 199 Å². The molecule has 0 spiro atoms. The molecule has 1 heterocycles. The Morgan fingerprint density at radius 2 is 1.71 bits per heavy atom. The minimum Gasteiger partial charge on any atom is -0.497 e. The summed E-state index contributed by atoms with van der Waals surface area (Å²) in [6, 6.07) is 25.0. The number of hydrogen-bond acceptors (Lipinski definition) is 5. The zero-order chi connectivity index (χ0) is 23.9. The Balaban J connectivity index is 1.31. The maximum Gasteiger partial charge on any atom is 0.258 e. The van der Waals surface area contributed by atoms with Crippen LogP contribution in [-0.2, 0) is 7.05 Å². The molecule has 1 unspecified atom stereocenters. The van der Waals surface area contributed by atoms with E-state index in [-0.39, 0.29) is 5.56 Å². The molecular weight excluding hydrogens is 428 g/mol. The number of pyridine rings is 1. The van der Waals surface area contributed by atoms with Gasteiger partial charge in [0, 0.05) is 13.6 Å². The zero-order valence-electron chi connectivity index (χ0n) is 19.5. The van der Waals surface area contributed by atoms with Crippen LogP contribution in [0.2, 0.25) is 0 Å². The first-order valence-electron chi connectivity index (χ1n) is 11.4. The van der Waals surface area contributed by atoms with Gasteiger partial charge in [-0.1, -0.05) is 36.4 Å². The minimum atomic E-state index is -0.511. The molecule has 1 aromatic heterocycles. The van der Waals surface area contributed by atoms with Crippen LogP contribution in [0.3, 0.4) is 0 Å². The summed E-state index contributed by atoms with van der Waals surface area (Å²) >= 11 is 0. The summed E-state index contributed by atoms with van der Waals surface area (Å²) in [5, 5.41) is 15.0. The summed E-state index contributed by atoms with van der Waals surface area (Å²) in [4.78, 5) is 12.9. The molecule has 0 aliphatic heterocycles. The van der Waals surface area contributed by atoms with Gasteiger partial charge < -0.3 is 24.5 Å². The fourth-order valence-corrected chi connectivity index (χ4v) is 3.93. The van der Waals surface area contributed by atoms with E-state index in [4.69, 9.17) is 9.47 Å². The topological polar surface area (TPSA) is 72.7 Å². The third-order valence-electron chi connectivity index (χ3n) is 5.89. The SMILES string of the molecule is COc1ccc2cc(-c3ccc(OCCCNCC(O)c4ccccc4)cc3)n(C)c(=O)c2c1. The summed E-state index contributed by atoms with van der Waals surface area (Å²) in [5.74, 6) is 1.45. The van der Waals surface area contributed by atoms with Crippen LogP contribution in [0.15, 0.2) is 83.7 Å². The first-order chi connectivity index (χ1) is 16.6. The fraction of sp³-hybridized carbons (Fsp3) is 0.250. The molecule has 4 aromatic rings. The zero-order valence-corrected chi connectivity index (χ0v) is 19.5. The van der Waals surface area contributed by atoms with E-state index in [1.807, 2.05) is 72.8 Å². The normalized spacial score (nSPS) is 12.0. The van der Waals surface area contributed by atoms with Crippen molar-refractivity contribution in [1.29, 1.82) is 0 Å². The van der Waals surface area contributed by atoms with E-state index >= 15 is 0 Å². The second-order valence-corrected chi connectivity index (χ2v) is 8.20. The first kappa shape index (κ1) is 23.5. The molecule has 1 atom stereocenters. The van der Waals surface area contributed by atoms with Crippen molar-refractivity contribution in [1.82, 2.24) is 9.88 Å². The van der Waals surface area contributed by atoms with Gasteiger partial charge in [-0.2, -0.15) is 0 Å². The minimum absolute atomic E-state index is 0.0587. The van der Waals surface area contributed by atoms with E-state index in [2.05, 4.69) is 5.32 Å². The molecule has 176 valence electrons. The third kappa shape index (κ3) is 5.47. The van der Waals surface area contributed by atoms with Crippen molar-refractivity contribution in [3.63, 3.8) is 0 Å². The molecule has 34 heavy (non-hydrogen) atoms. The average Bonchev–Trinajstić information content (AvgIpc) is 2.88. The number of aliphatic hydroxyl groups is 1. The molecule has 4 rings (SSSR count). The van der Waals surface area contributed by atoms with Gasteiger partial charge in [0.2, 0.25) is 0 Å². The highest BCUT2D eigenvalue weighted by Crippen LogP contribution is 2.26. The Morgan fingerprint density at radius 1 is 0.971 bits per heavy atom. The van der Waals surface area contributed by atoms with Crippen LogP contribution in [0.4, 0.5) is 0 Å². The van der Waals surface area contributed by atoms with E-state index in [1.165, 1.54) is 0 Å². The Morgan fingerprint density at radius 3 is 2.44 bits per heavy atom. The summed E-state index contributed by atoms with van der Waals surface area (Å²) in [6.45, 7) is 1.84. The maximum absolute atomic E-state index is 12.9. The molecule has 0 fully saturated rings. The quantitative estimate of drug-likeness (QED) is 0.347. The summed E-state index contributed by atoms with van der Waals surface area (Å²) < 4.78 is 12.8. The van der Waals surface area contributed by atoms with E-state index in [0.29, 0.717) is 24.3 Å². The molecule has 3 aromatic carbocycles. The van der Waals surface area contributed by atoms with Crippen molar-refractivity contribution in [3.05, 3.63) is 94.8 Å². The van der Waals surface area contributed by atoms with Crippen molar-refractivity contribution < 1.29 is 14.6 Å². The van der Waals surface area contributed by atoms with Crippen LogP contribution >= 0.6 is 0 Å². The Hall–Kier alpha value is -3.61. The van der Waals surface area contributed by atoms with Gasteiger partial charge >= 0.3 is 0 Å². The first-order valence-corrected chi connectivity index (χ1v) is 11.4. The number of nitrogens with zero attached hydrogens (tertiary/aromatic N) is 1. The van der Waals surface area contributed by atoms with Crippen LogP contribution < -0.4 is 20.3 Å². The number of aromatic nitrogens is 1. The third-order valence-corrected chi connectivity index (χ3v) is 5.89. The average molecular weight is 459 g/mol. The van der Waals surface area contributed by atoms with Crippen molar-refractivity contribution >= 4 is 10.8 Å². The number of hydrogen-bond donors (Lipinski definition) is 2. The number of nitrogens with one attached hydrogen (secondary N) is 1. The number of aliphatic hydroxyl groups excluding tert-OH is 1. The lowest BCUT2D eigenvalue weighted by Gasteiger charge is -2.13. The summed E-state index contributed by atoms with van der Waals surface area (Å²) in [5.41, 5.74) is 2.64. The molecule has 0 saturated carbocycles. The number of methoxy groups -OCH3 is 1. The van der Waals surface area contributed by atoms with Crippen LogP contribution in [0.5, 0.6) is 11.5 Å². The molecule has 6 nitrogen and oxygen atoms in total. The number of ether oxygens (including phenoxy) is 2. The van der Waals surface area contributed by atoms with E-state index in [9.17, 15) is 9.90 Å². The van der Waals surface area contributed by atoms with Crippen molar-refractivity contribution in [3.8, 4) is 22.8 Å². The van der Waals surface area contributed by atoms with Gasteiger partial charge in [0.05, 0.1) is 30.9 Å². The van der Waals surface area contributed by atoms with Gasteiger partial charge in [0.1, 0.15) is 11.5 Å². The number of rotatable bonds is 10. The lowest BCUT2D eigenvalue weighted by atomic mass is 10.1. The molecule has 2 N–H and O–H groups in total. The maximum atomic E-state index is 12.9. The highest BCUT2D eigenvalue weighted by atomic mass is 16.5. The molecule has 0 bridgehead atoms. The number of fused-ring (bicyclic) bond motifs is 1. The molecular formula is C28H30N2O4. The van der Waals surface area contributed by atoms with Gasteiger partial charge in [0.25, 0.3) is 5.56 Å². The monoisotopic (exact) mass is 458 g/mol. The van der Waals surface area contributed by atoms with Gasteiger partial charge in [-0.25, -0.2) is 0 Å². The lowest BCUT2D eigenvalue weighted by Crippen LogP contribution is -2.23. The molecule has 0 aliphatic rings. The largest absolute Gasteiger partial charge is 0.497 e. The Bertz CT molecular complexity index is 1280. The molecule has 0 radical (unpaired) electrons. The lowest BCUT2D eigenvalue weighted by molar-refractivity contribution is 0.173. The molecule has 0 amide bonds. The van der Waals surface area contributed by atoms with Crippen molar-refractivity contribution in [2.75, 3.05) is 26.8 Å². The van der Waals surface area contributed by atoms with Gasteiger partial charge in [-0.3, -0.25) is 4.79 Å². The van der Waals surface area contributed by atoms with Gasteiger partial charge in [0.15, 0.2) is 0 Å². The van der Waals surface area contributed by atoms with E-state index < -0.39 is 6.10 Å². The van der Waals surface area contributed by atoms with Crippen molar-refractivity contribution in [2.45, 2.75) is 12.5 Å². The Kier molecular flexibility index (Phi) is 7.62. The molecule has 6 heteroatoms. The van der Waals surface area contributed by atoms with Crippen molar-refractivity contribution in [2.24, 2.45) is 7.05 Å². The predicted molar refractivity (Wildman–Crippen MR) is 136 cm³/mol.